The first-order valence-corrected chi connectivity index (χ1v) is 8.55. The highest BCUT2D eigenvalue weighted by Crippen LogP contribution is 2.36. The van der Waals surface area contributed by atoms with Gasteiger partial charge in [-0.25, -0.2) is 4.79 Å². The number of benzene rings is 2. The van der Waals surface area contributed by atoms with Gasteiger partial charge in [0.2, 0.25) is 5.60 Å². The number of ether oxygens (including phenoxy) is 1. The molecule has 0 spiro atoms. The van der Waals surface area contributed by atoms with Gasteiger partial charge in [0, 0.05) is 11.6 Å². The van der Waals surface area contributed by atoms with E-state index in [0.29, 0.717) is 18.6 Å². The van der Waals surface area contributed by atoms with E-state index >= 15 is 0 Å². The molecule has 2 aromatic carbocycles. The largest absolute Gasteiger partial charge is 0.478 e. The van der Waals surface area contributed by atoms with E-state index in [-0.39, 0.29) is 0 Å². The lowest BCUT2D eigenvalue weighted by Crippen LogP contribution is -2.41. The lowest BCUT2D eigenvalue weighted by atomic mass is 9.99. The van der Waals surface area contributed by atoms with Gasteiger partial charge in [-0.1, -0.05) is 30.3 Å². The molecule has 3 aromatic rings. The maximum Gasteiger partial charge on any atom is 0.348 e. The molecule has 0 unspecified atom stereocenters. The zero-order valence-electron chi connectivity index (χ0n) is 13.8. The molecule has 0 bridgehead atoms. The SMILES string of the molecule is O=C(O)C1(Oc2cccc(-c3cccc4ncccc34)c2)CCCC1. The van der Waals surface area contributed by atoms with Crippen molar-refractivity contribution < 1.29 is 14.6 Å². The highest BCUT2D eigenvalue weighted by atomic mass is 16.5. The maximum absolute atomic E-state index is 11.7. The molecular formula is C21H19NO3. The van der Waals surface area contributed by atoms with Crippen molar-refractivity contribution in [2.24, 2.45) is 0 Å². The van der Waals surface area contributed by atoms with E-state index in [4.69, 9.17) is 4.74 Å². The normalized spacial score (nSPS) is 16.0. The van der Waals surface area contributed by atoms with Crippen LogP contribution in [0.4, 0.5) is 0 Å². The number of aromatic nitrogens is 1. The first kappa shape index (κ1) is 15.6. The summed E-state index contributed by atoms with van der Waals surface area (Å²) in [7, 11) is 0. The number of aliphatic carboxylic acids is 1. The van der Waals surface area contributed by atoms with Gasteiger partial charge in [0.1, 0.15) is 5.75 Å². The van der Waals surface area contributed by atoms with Crippen molar-refractivity contribution in [1.82, 2.24) is 4.98 Å². The molecular weight excluding hydrogens is 314 g/mol. The number of carboxylic acids is 1. The van der Waals surface area contributed by atoms with Gasteiger partial charge in [-0.15, -0.1) is 0 Å². The number of fused-ring (bicyclic) bond motifs is 1. The Hall–Kier alpha value is -2.88. The van der Waals surface area contributed by atoms with Crippen molar-refractivity contribution in [3.63, 3.8) is 0 Å². The third-order valence-electron chi connectivity index (χ3n) is 4.90. The van der Waals surface area contributed by atoms with Crippen molar-refractivity contribution >= 4 is 16.9 Å². The molecule has 1 aromatic heterocycles. The zero-order valence-corrected chi connectivity index (χ0v) is 13.8. The molecule has 1 aliphatic rings. The average Bonchev–Trinajstić information content (AvgIpc) is 3.11. The molecule has 4 rings (SSSR count). The van der Waals surface area contributed by atoms with Gasteiger partial charge in [-0.3, -0.25) is 4.98 Å². The predicted molar refractivity (Wildman–Crippen MR) is 96.6 cm³/mol. The Morgan fingerprint density at radius 3 is 2.64 bits per heavy atom. The van der Waals surface area contributed by atoms with E-state index in [1.165, 1.54) is 0 Å². The van der Waals surface area contributed by atoms with Crippen molar-refractivity contribution in [3.8, 4) is 16.9 Å². The Labute approximate surface area is 146 Å². The Balaban J connectivity index is 1.73. The topological polar surface area (TPSA) is 59.4 Å². The van der Waals surface area contributed by atoms with Gasteiger partial charge in [0.05, 0.1) is 5.52 Å². The molecule has 0 aliphatic heterocycles. The minimum Gasteiger partial charge on any atom is -0.478 e. The summed E-state index contributed by atoms with van der Waals surface area (Å²) in [6.45, 7) is 0. The van der Waals surface area contributed by atoms with Crippen molar-refractivity contribution in [3.05, 3.63) is 60.8 Å². The van der Waals surface area contributed by atoms with E-state index in [1.54, 1.807) is 6.20 Å². The first-order chi connectivity index (χ1) is 12.2. The molecule has 4 heteroatoms. The predicted octanol–water partition coefficient (Wildman–Crippen LogP) is 4.68. The maximum atomic E-state index is 11.7. The van der Waals surface area contributed by atoms with Crippen LogP contribution in [0, 0.1) is 0 Å². The van der Waals surface area contributed by atoms with Crippen LogP contribution in [-0.4, -0.2) is 21.7 Å². The molecule has 4 nitrogen and oxygen atoms in total. The minimum atomic E-state index is -1.08. The molecule has 0 radical (unpaired) electrons. The van der Waals surface area contributed by atoms with Gasteiger partial charge < -0.3 is 9.84 Å². The smallest absolute Gasteiger partial charge is 0.348 e. The third kappa shape index (κ3) is 2.84. The van der Waals surface area contributed by atoms with E-state index in [1.807, 2.05) is 54.6 Å². The van der Waals surface area contributed by atoms with Crippen LogP contribution in [0.5, 0.6) is 5.75 Å². The number of pyridine rings is 1. The average molecular weight is 333 g/mol. The summed E-state index contributed by atoms with van der Waals surface area (Å²) in [5.74, 6) is -0.271. The second kappa shape index (κ2) is 6.20. The Kier molecular flexibility index (Phi) is 3.88. The van der Waals surface area contributed by atoms with E-state index in [2.05, 4.69) is 4.98 Å². The summed E-state index contributed by atoms with van der Waals surface area (Å²) in [5, 5.41) is 10.7. The fraction of sp³-hybridized carbons (Fsp3) is 0.238. The second-order valence-electron chi connectivity index (χ2n) is 6.51. The third-order valence-corrected chi connectivity index (χ3v) is 4.90. The number of nitrogens with zero attached hydrogens (tertiary/aromatic N) is 1. The van der Waals surface area contributed by atoms with Crippen LogP contribution >= 0.6 is 0 Å². The molecule has 1 aliphatic carbocycles. The van der Waals surface area contributed by atoms with Gasteiger partial charge >= 0.3 is 5.97 Å². The van der Waals surface area contributed by atoms with Gasteiger partial charge in [0.25, 0.3) is 0 Å². The van der Waals surface area contributed by atoms with Crippen molar-refractivity contribution in [2.75, 3.05) is 0 Å². The van der Waals surface area contributed by atoms with E-state index in [9.17, 15) is 9.90 Å². The standard InChI is InChI=1S/C21H19NO3/c23-20(24)21(11-1-2-12-21)25-16-7-3-6-15(14-16)17-8-4-10-19-18(17)9-5-13-22-19/h3-10,13-14H,1-2,11-12H2,(H,23,24). The second-order valence-corrected chi connectivity index (χ2v) is 6.51. The summed E-state index contributed by atoms with van der Waals surface area (Å²) in [6.07, 6.45) is 4.68. The summed E-state index contributed by atoms with van der Waals surface area (Å²) in [5.41, 5.74) is 1.91. The van der Waals surface area contributed by atoms with Crippen LogP contribution in [0.1, 0.15) is 25.7 Å². The molecule has 1 saturated carbocycles. The quantitative estimate of drug-likeness (QED) is 0.753. The number of hydrogen-bond acceptors (Lipinski definition) is 3. The molecule has 126 valence electrons. The molecule has 25 heavy (non-hydrogen) atoms. The highest BCUT2D eigenvalue weighted by Gasteiger charge is 2.43. The van der Waals surface area contributed by atoms with E-state index < -0.39 is 11.6 Å². The van der Waals surface area contributed by atoms with Crippen LogP contribution in [0.15, 0.2) is 60.8 Å². The van der Waals surface area contributed by atoms with Crippen LogP contribution in [0.3, 0.4) is 0 Å². The van der Waals surface area contributed by atoms with Crippen LogP contribution in [0.2, 0.25) is 0 Å². The zero-order chi connectivity index (χ0) is 17.3. The van der Waals surface area contributed by atoms with Crippen molar-refractivity contribution in [1.29, 1.82) is 0 Å². The van der Waals surface area contributed by atoms with E-state index in [0.717, 1.165) is 34.9 Å². The molecule has 1 N–H and O–H groups in total. The number of hydrogen-bond donors (Lipinski definition) is 1. The molecule has 0 saturated heterocycles. The summed E-state index contributed by atoms with van der Waals surface area (Å²) in [6, 6.07) is 17.6. The Morgan fingerprint density at radius 1 is 1.04 bits per heavy atom. The summed E-state index contributed by atoms with van der Waals surface area (Å²) >= 11 is 0. The highest BCUT2D eigenvalue weighted by molar-refractivity contribution is 5.94. The van der Waals surface area contributed by atoms with Crippen LogP contribution in [0.25, 0.3) is 22.0 Å². The number of carboxylic acid groups (broad SMARTS) is 1. The number of carbonyl (C=O) groups is 1. The van der Waals surface area contributed by atoms with Crippen LogP contribution in [-0.2, 0) is 4.79 Å². The summed E-state index contributed by atoms with van der Waals surface area (Å²) < 4.78 is 5.98. The summed E-state index contributed by atoms with van der Waals surface area (Å²) in [4.78, 5) is 16.1. The molecule has 1 heterocycles. The fourth-order valence-electron chi connectivity index (χ4n) is 3.61. The fourth-order valence-corrected chi connectivity index (χ4v) is 3.61. The molecule has 0 amide bonds. The van der Waals surface area contributed by atoms with Gasteiger partial charge in [-0.05, 0) is 61.1 Å². The number of rotatable bonds is 4. The van der Waals surface area contributed by atoms with Gasteiger partial charge in [0.15, 0.2) is 0 Å². The molecule has 1 fully saturated rings. The lowest BCUT2D eigenvalue weighted by molar-refractivity contribution is -0.154. The minimum absolute atomic E-state index is 0.560. The van der Waals surface area contributed by atoms with Crippen molar-refractivity contribution in [2.45, 2.75) is 31.3 Å². The Morgan fingerprint density at radius 2 is 1.84 bits per heavy atom. The molecule has 0 atom stereocenters. The Bertz CT molecular complexity index is 924. The monoisotopic (exact) mass is 333 g/mol. The van der Waals surface area contributed by atoms with Gasteiger partial charge in [-0.2, -0.15) is 0 Å². The lowest BCUT2D eigenvalue weighted by Gasteiger charge is -2.25. The first-order valence-electron chi connectivity index (χ1n) is 8.55. The van der Waals surface area contributed by atoms with Crippen LogP contribution < -0.4 is 4.74 Å².